The smallest absolute Gasteiger partial charge is 0.0640 e. The molecule has 0 aliphatic carbocycles. The average Bonchev–Trinajstić information content (AvgIpc) is 3.61. The lowest BCUT2D eigenvalue weighted by atomic mass is 10.1. The van der Waals surface area contributed by atoms with Gasteiger partial charge in [0.05, 0.1) is 30.2 Å². The Morgan fingerprint density at radius 2 is 0.595 bits per heavy atom. The summed E-state index contributed by atoms with van der Waals surface area (Å²) in [5.41, 5.74) is 7.03. The third-order valence-corrected chi connectivity index (χ3v) is 10.3. The van der Waals surface area contributed by atoms with E-state index in [2.05, 4.69) is 168 Å². The van der Waals surface area contributed by atoms with Crippen molar-refractivity contribution in [3.05, 3.63) is 158 Å². The van der Waals surface area contributed by atoms with Gasteiger partial charge in [-0.05, 0) is 60.7 Å². The Morgan fingerprint density at radius 1 is 0.286 bits per heavy atom. The van der Waals surface area contributed by atoms with Crippen molar-refractivity contribution in [3.63, 3.8) is 0 Å². The molecule has 200 valence electrons. The summed E-state index contributed by atoms with van der Waals surface area (Å²) in [4.78, 5) is 4.76. The fourth-order valence-corrected chi connectivity index (χ4v) is 8.63. The van der Waals surface area contributed by atoms with Gasteiger partial charge in [0, 0.05) is 33.5 Å². The monoisotopic (exact) mass is 574 g/mol. The molecule has 8 rings (SSSR count). The van der Waals surface area contributed by atoms with Gasteiger partial charge in [0.2, 0.25) is 0 Å². The number of para-hydroxylation sites is 4. The number of rotatable bonds is 6. The lowest BCUT2D eigenvalue weighted by Gasteiger charge is -2.26. The molecule has 0 atom stereocenters. The van der Waals surface area contributed by atoms with Gasteiger partial charge in [0.25, 0.3) is 0 Å². The van der Waals surface area contributed by atoms with E-state index in [0.717, 1.165) is 22.7 Å². The molecule has 0 spiro atoms. The molecule has 0 N–H and O–H groups in total. The van der Waals surface area contributed by atoms with E-state index in [1.165, 1.54) is 40.9 Å². The van der Waals surface area contributed by atoms with Crippen LogP contribution in [0, 0.1) is 0 Å². The molecule has 4 heteroatoms. The summed E-state index contributed by atoms with van der Waals surface area (Å²) < 4.78 is 5.31. The topological polar surface area (TPSA) is 6.48 Å². The zero-order valence-corrected chi connectivity index (χ0v) is 24.4. The molecule has 0 saturated carbocycles. The van der Waals surface area contributed by atoms with Gasteiger partial charge in [-0.2, -0.15) is 0 Å². The highest BCUT2D eigenvalue weighted by Crippen LogP contribution is 2.52. The first-order valence-electron chi connectivity index (χ1n) is 14.0. The van der Waals surface area contributed by atoms with E-state index in [4.69, 9.17) is 0 Å². The Bertz CT molecular complexity index is 1900. The fourth-order valence-electron chi connectivity index (χ4n) is 5.79. The summed E-state index contributed by atoms with van der Waals surface area (Å²) in [6.07, 6.45) is 0. The number of benzene rings is 6. The van der Waals surface area contributed by atoms with Crippen LogP contribution in [0.15, 0.2) is 158 Å². The predicted octanol–water partition coefficient (Wildman–Crippen LogP) is 12.2. The Hall–Kier alpha value is -4.90. The number of anilines is 6. The first kappa shape index (κ1) is 24.9. The molecule has 0 radical (unpaired) electrons. The number of fused-ring (bicyclic) bond motifs is 5. The van der Waals surface area contributed by atoms with E-state index in [0.29, 0.717) is 0 Å². The molecular weight excluding hydrogens is 549 g/mol. The van der Waals surface area contributed by atoms with E-state index in [-0.39, 0.29) is 0 Å². The van der Waals surface area contributed by atoms with Crippen molar-refractivity contribution in [1.82, 2.24) is 0 Å². The second-order valence-electron chi connectivity index (χ2n) is 10.2. The van der Waals surface area contributed by atoms with Gasteiger partial charge in [-0.25, -0.2) is 0 Å². The molecule has 0 saturated heterocycles. The number of nitrogens with zero attached hydrogens (tertiary/aromatic N) is 2. The summed E-state index contributed by atoms with van der Waals surface area (Å²) in [5, 5.41) is 2.62. The first-order valence-corrected chi connectivity index (χ1v) is 15.7. The highest BCUT2D eigenvalue weighted by Gasteiger charge is 2.22. The summed E-state index contributed by atoms with van der Waals surface area (Å²) in [5.74, 6) is 0. The van der Waals surface area contributed by atoms with Crippen LogP contribution in [0.5, 0.6) is 0 Å². The van der Waals surface area contributed by atoms with Crippen molar-refractivity contribution in [3.8, 4) is 0 Å². The van der Waals surface area contributed by atoms with Crippen LogP contribution in [-0.4, -0.2) is 0 Å². The number of thiophene rings is 2. The first-order chi connectivity index (χ1) is 20.9. The second kappa shape index (κ2) is 10.5. The van der Waals surface area contributed by atoms with Gasteiger partial charge < -0.3 is 9.80 Å². The molecule has 0 amide bonds. The number of hydrogen-bond donors (Lipinski definition) is 0. The molecule has 8 aromatic rings. The van der Waals surface area contributed by atoms with E-state index >= 15 is 0 Å². The average molecular weight is 575 g/mol. The van der Waals surface area contributed by atoms with Gasteiger partial charge >= 0.3 is 0 Å². The Labute approximate surface area is 253 Å². The lowest BCUT2D eigenvalue weighted by Crippen LogP contribution is -2.09. The zero-order valence-electron chi connectivity index (χ0n) is 22.7. The maximum atomic E-state index is 2.38. The van der Waals surface area contributed by atoms with E-state index in [1.54, 1.807) is 0 Å². The Balaban J connectivity index is 1.35. The van der Waals surface area contributed by atoms with E-state index < -0.39 is 0 Å². The largest absolute Gasteiger partial charge is 0.309 e. The molecule has 0 unspecified atom stereocenters. The Morgan fingerprint density at radius 3 is 0.905 bits per heavy atom. The lowest BCUT2D eigenvalue weighted by molar-refractivity contribution is 1.30. The van der Waals surface area contributed by atoms with Gasteiger partial charge in [0.1, 0.15) is 0 Å². The van der Waals surface area contributed by atoms with E-state index in [1.807, 2.05) is 22.7 Å². The third-order valence-electron chi connectivity index (χ3n) is 7.63. The van der Waals surface area contributed by atoms with Crippen LogP contribution in [0.4, 0.5) is 34.1 Å². The SMILES string of the molecule is c1ccc(N(c2ccccc2)c2cccc3c2sc2c4cccc(N(c5ccccc5)c5ccccc5)c4sc32)cc1. The molecule has 2 aromatic heterocycles. The van der Waals surface area contributed by atoms with Crippen LogP contribution in [0.2, 0.25) is 0 Å². The molecule has 0 fully saturated rings. The van der Waals surface area contributed by atoms with Crippen molar-refractivity contribution in [1.29, 1.82) is 0 Å². The van der Waals surface area contributed by atoms with Crippen LogP contribution in [-0.2, 0) is 0 Å². The summed E-state index contributed by atoms with van der Waals surface area (Å²) in [6, 6.07) is 56.1. The van der Waals surface area contributed by atoms with Gasteiger partial charge in [-0.15, -0.1) is 22.7 Å². The van der Waals surface area contributed by atoms with Crippen LogP contribution in [0.25, 0.3) is 29.6 Å². The van der Waals surface area contributed by atoms with Crippen molar-refractivity contribution in [2.75, 3.05) is 9.80 Å². The van der Waals surface area contributed by atoms with Gasteiger partial charge in [-0.3, -0.25) is 0 Å². The van der Waals surface area contributed by atoms with Crippen molar-refractivity contribution in [2.24, 2.45) is 0 Å². The molecular formula is C38H26N2S2. The highest BCUT2D eigenvalue weighted by atomic mass is 32.1. The molecule has 0 aliphatic heterocycles. The minimum Gasteiger partial charge on any atom is -0.309 e. The van der Waals surface area contributed by atoms with Crippen molar-refractivity contribution < 1.29 is 0 Å². The third kappa shape index (κ3) is 4.16. The maximum absolute atomic E-state index is 2.38. The predicted molar refractivity (Wildman–Crippen MR) is 184 cm³/mol. The standard InChI is InChI=1S/C38H26N2S2/c1-5-15-27(16-6-1)39(28-17-7-2-8-18-28)33-25-13-23-31-35(33)41-38-32-24-14-26-34(36(32)42-37(31)38)40(29-19-9-3-10-20-29)30-21-11-4-12-22-30/h1-26H. The minimum atomic E-state index is 1.15. The Kier molecular flexibility index (Phi) is 6.21. The molecule has 2 heterocycles. The molecule has 42 heavy (non-hydrogen) atoms. The zero-order chi connectivity index (χ0) is 27.9. The maximum Gasteiger partial charge on any atom is 0.0640 e. The van der Waals surface area contributed by atoms with Gasteiger partial charge in [0.15, 0.2) is 0 Å². The molecule has 0 bridgehead atoms. The van der Waals surface area contributed by atoms with Gasteiger partial charge in [-0.1, -0.05) is 97.1 Å². The molecule has 0 aliphatic rings. The van der Waals surface area contributed by atoms with E-state index in [9.17, 15) is 0 Å². The molecule has 6 aromatic carbocycles. The minimum absolute atomic E-state index is 1.15. The van der Waals surface area contributed by atoms with Crippen LogP contribution in [0.3, 0.4) is 0 Å². The summed E-state index contributed by atoms with van der Waals surface area (Å²) in [7, 11) is 0. The van der Waals surface area contributed by atoms with Crippen LogP contribution >= 0.6 is 22.7 Å². The molecule has 2 nitrogen and oxygen atoms in total. The van der Waals surface area contributed by atoms with Crippen LogP contribution in [0.1, 0.15) is 0 Å². The highest BCUT2D eigenvalue weighted by molar-refractivity contribution is 7.37. The van der Waals surface area contributed by atoms with Crippen molar-refractivity contribution >= 4 is 86.4 Å². The number of hydrogen-bond acceptors (Lipinski definition) is 4. The van der Waals surface area contributed by atoms with Crippen molar-refractivity contribution in [2.45, 2.75) is 0 Å². The summed E-state index contributed by atoms with van der Waals surface area (Å²) >= 11 is 3.81. The second-order valence-corrected chi connectivity index (χ2v) is 12.2. The summed E-state index contributed by atoms with van der Waals surface area (Å²) in [6.45, 7) is 0. The fraction of sp³-hybridized carbons (Fsp3) is 0. The normalized spacial score (nSPS) is 11.3. The quantitative estimate of drug-likeness (QED) is 0.195. The van der Waals surface area contributed by atoms with Crippen LogP contribution < -0.4 is 9.80 Å².